The van der Waals surface area contributed by atoms with Gasteiger partial charge in [-0.25, -0.2) is 0 Å². The lowest BCUT2D eigenvalue weighted by molar-refractivity contribution is 0.331. The molecule has 0 N–H and O–H groups in total. The van der Waals surface area contributed by atoms with Gasteiger partial charge in [-0.3, -0.25) is 0 Å². The number of benzene rings is 1. The molecule has 0 amide bonds. The first-order valence-corrected chi connectivity index (χ1v) is 8.60. The zero-order valence-corrected chi connectivity index (χ0v) is 14.2. The summed E-state index contributed by atoms with van der Waals surface area (Å²) in [6.07, 6.45) is 10.2. The first-order chi connectivity index (χ1) is 9.76. The monoisotopic (exact) mass is 280 g/mol. The SMILES string of the molecule is Cc1cc2c(cc1C13C=CCC1C3)C(C)(C)CCC2(C)C. The molecule has 0 heterocycles. The summed E-state index contributed by atoms with van der Waals surface area (Å²) in [6.45, 7) is 12.1. The molecule has 0 nitrogen and oxygen atoms in total. The van der Waals surface area contributed by atoms with Gasteiger partial charge < -0.3 is 0 Å². The van der Waals surface area contributed by atoms with E-state index in [2.05, 4.69) is 58.9 Å². The van der Waals surface area contributed by atoms with Crippen LogP contribution in [0.4, 0.5) is 0 Å². The number of allylic oxidation sites excluding steroid dienone is 2. The summed E-state index contributed by atoms with van der Waals surface area (Å²) < 4.78 is 0. The van der Waals surface area contributed by atoms with Crippen LogP contribution in [0, 0.1) is 12.8 Å². The van der Waals surface area contributed by atoms with Crippen molar-refractivity contribution in [2.75, 3.05) is 0 Å². The first-order valence-electron chi connectivity index (χ1n) is 8.60. The van der Waals surface area contributed by atoms with Gasteiger partial charge in [-0.1, -0.05) is 52.0 Å². The lowest BCUT2D eigenvalue weighted by Crippen LogP contribution is -2.34. The molecule has 0 spiro atoms. The van der Waals surface area contributed by atoms with Crippen molar-refractivity contribution in [3.63, 3.8) is 0 Å². The van der Waals surface area contributed by atoms with Gasteiger partial charge in [0.05, 0.1) is 0 Å². The maximum atomic E-state index is 2.60. The maximum absolute atomic E-state index is 2.60. The van der Waals surface area contributed by atoms with E-state index in [0.29, 0.717) is 16.2 Å². The van der Waals surface area contributed by atoms with Crippen molar-refractivity contribution in [1.29, 1.82) is 0 Å². The van der Waals surface area contributed by atoms with Gasteiger partial charge in [0.2, 0.25) is 0 Å². The average Bonchev–Trinajstić information content (AvgIpc) is 2.97. The van der Waals surface area contributed by atoms with E-state index in [1.165, 1.54) is 31.2 Å². The maximum Gasteiger partial charge on any atom is 0.0169 e. The molecule has 4 rings (SSSR count). The lowest BCUT2D eigenvalue weighted by Gasteiger charge is -2.42. The lowest BCUT2D eigenvalue weighted by atomic mass is 9.62. The standard InChI is InChI=1S/C21H28/c1-14-11-17-18(20(4,5)10-9-19(17,2)3)12-16(14)21-8-6-7-15(21)13-21/h6,8,11-12,15H,7,9-10,13H2,1-5H3. The Morgan fingerprint density at radius 1 is 0.905 bits per heavy atom. The third-order valence-electron chi connectivity index (χ3n) is 6.69. The smallest absolute Gasteiger partial charge is 0.0169 e. The summed E-state index contributed by atoms with van der Waals surface area (Å²) in [5, 5.41) is 0. The van der Waals surface area contributed by atoms with Crippen molar-refractivity contribution in [2.24, 2.45) is 5.92 Å². The molecule has 21 heavy (non-hydrogen) atoms. The van der Waals surface area contributed by atoms with Gasteiger partial charge >= 0.3 is 0 Å². The Bertz CT molecular complexity index is 644. The van der Waals surface area contributed by atoms with Crippen LogP contribution >= 0.6 is 0 Å². The number of hydrogen-bond acceptors (Lipinski definition) is 0. The van der Waals surface area contributed by atoms with Gasteiger partial charge in [0.1, 0.15) is 0 Å². The van der Waals surface area contributed by atoms with Crippen LogP contribution in [0.25, 0.3) is 0 Å². The molecule has 1 fully saturated rings. The van der Waals surface area contributed by atoms with Gasteiger partial charge in [-0.2, -0.15) is 0 Å². The first kappa shape index (κ1) is 13.6. The van der Waals surface area contributed by atoms with Gasteiger partial charge in [0.25, 0.3) is 0 Å². The molecule has 3 aliphatic carbocycles. The summed E-state index contributed by atoms with van der Waals surface area (Å²) >= 11 is 0. The molecule has 1 saturated carbocycles. The second-order valence-electron chi connectivity index (χ2n) is 9.06. The molecule has 0 aromatic heterocycles. The van der Waals surface area contributed by atoms with E-state index in [1.807, 2.05) is 0 Å². The summed E-state index contributed by atoms with van der Waals surface area (Å²) in [6, 6.07) is 5.13. The van der Waals surface area contributed by atoms with E-state index < -0.39 is 0 Å². The van der Waals surface area contributed by atoms with E-state index in [9.17, 15) is 0 Å². The summed E-state index contributed by atoms with van der Waals surface area (Å²) in [7, 11) is 0. The van der Waals surface area contributed by atoms with Crippen LogP contribution in [0.15, 0.2) is 24.3 Å². The molecule has 0 heteroatoms. The summed E-state index contributed by atoms with van der Waals surface area (Å²) in [5.74, 6) is 0.897. The minimum atomic E-state index is 0.330. The zero-order chi connectivity index (χ0) is 15.0. The number of fused-ring (bicyclic) bond motifs is 2. The van der Waals surface area contributed by atoms with Crippen LogP contribution in [0.2, 0.25) is 0 Å². The van der Waals surface area contributed by atoms with Crippen LogP contribution in [-0.4, -0.2) is 0 Å². The van der Waals surface area contributed by atoms with Gasteiger partial charge in [0.15, 0.2) is 0 Å². The van der Waals surface area contributed by atoms with Crippen LogP contribution in [0.3, 0.4) is 0 Å². The van der Waals surface area contributed by atoms with Crippen molar-refractivity contribution in [2.45, 2.75) is 76.5 Å². The van der Waals surface area contributed by atoms with E-state index in [-0.39, 0.29) is 0 Å². The van der Waals surface area contributed by atoms with Crippen molar-refractivity contribution < 1.29 is 0 Å². The highest BCUT2D eigenvalue weighted by Gasteiger charge is 2.56. The quantitative estimate of drug-likeness (QED) is 0.591. The molecular weight excluding hydrogens is 252 g/mol. The van der Waals surface area contributed by atoms with Crippen LogP contribution in [0.5, 0.6) is 0 Å². The molecule has 3 aliphatic rings. The fourth-order valence-corrected chi connectivity index (χ4v) is 4.93. The third kappa shape index (κ3) is 1.74. The predicted octanol–water partition coefficient (Wildman–Crippen LogP) is 5.56. The average molecular weight is 280 g/mol. The van der Waals surface area contributed by atoms with Crippen molar-refractivity contribution >= 4 is 0 Å². The molecular formula is C21H28. The highest BCUT2D eigenvalue weighted by molar-refractivity contribution is 5.54. The minimum Gasteiger partial charge on any atom is -0.0873 e. The Hall–Kier alpha value is -1.04. The van der Waals surface area contributed by atoms with Crippen LogP contribution < -0.4 is 0 Å². The topological polar surface area (TPSA) is 0 Å². The second-order valence-corrected chi connectivity index (χ2v) is 9.06. The van der Waals surface area contributed by atoms with Crippen molar-refractivity contribution in [1.82, 2.24) is 0 Å². The number of rotatable bonds is 1. The Balaban J connectivity index is 1.92. The predicted molar refractivity (Wildman–Crippen MR) is 90.0 cm³/mol. The molecule has 1 aromatic carbocycles. The van der Waals surface area contributed by atoms with Crippen LogP contribution in [-0.2, 0) is 16.2 Å². The zero-order valence-electron chi connectivity index (χ0n) is 14.2. The van der Waals surface area contributed by atoms with Gasteiger partial charge in [-0.05, 0) is 71.6 Å². The van der Waals surface area contributed by atoms with E-state index >= 15 is 0 Å². The molecule has 2 atom stereocenters. The Kier molecular flexibility index (Phi) is 2.48. The van der Waals surface area contributed by atoms with Crippen molar-refractivity contribution in [3.05, 3.63) is 46.5 Å². The van der Waals surface area contributed by atoms with E-state index in [1.54, 1.807) is 16.7 Å². The van der Waals surface area contributed by atoms with Crippen LogP contribution in [0.1, 0.15) is 75.6 Å². The number of aryl methyl sites for hydroxylation is 1. The number of hydrogen-bond donors (Lipinski definition) is 0. The highest BCUT2D eigenvalue weighted by Crippen LogP contribution is 2.62. The highest BCUT2D eigenvalue weighted by atomic mass is 14.6. The molecule has 0 saturated heterocycles. The third-order valence-corrected chi connectivity index (χ3v) is 6.69. The molecule has 2 unspecified atom stereocenters. The van der Waals surface area contributed by atoms with E-state index in [4.69, 9.17) is 0 Å². The van der Waals surface area contributed by atoms with Gasteiger partial charge in [0, 0.05) is 5.41 Å². The fraction of sp³-hybridized carbons (Fsp3) is 0.619. The normalized spacial score (nSPS) is 34.4. The fourth-order valence-electron chi connectivity index (χ4n) is 4.93. The summed E-state index contributed by atoms with van der Waals surface area (Å²) in [5.41, 5.74) is 7.46. The molecule has 112 valence electrons. The molecule has 1 aromatic rings. The molecule has 0 bridgehead atoms. The largest absolute Gasteiger partial charge is 0.0873 e. The Morgan fingerprint density at radius 3 is 2.05 bits per heavy atom. The molecule has 0 aliphatic heterocycles. The van der Waals surface area contributed by atoms with E-state index in [0.717, 1.165) is 5.92 Å². The Labute approximate surface area is 129 Å². The van der Waals surface area contributed by atoms with Gasteiger partial charge in [-0.15, -0.1) is 0 Å². The summed E-state index contributed by atoms with van der Waals surface area (Å²) in [4.78, 5) is 0. The minimum absolute atomic E-state index is 0.330. The Morgan fingerprint density at radius 2 is 1.52 bits per heavy atom. The molecule has 0 radical (unpaired) electrons. The second kappa shape index (κ2) is 3.83. The van der Waals surface area contributed by atoms with Crippen molar-refractivity contribution in [3.8, 4) is 0 Å².